The number of methoxy groups -OCH3 is 2. The number of rotatable bonds is 21. The van der Waals surface area contributed by atoms with Gasteiger partial charge in [-0.1, -0.05) is 78.9 Å². The summed E-state index contributed by atoms with van der Waals surface area (Å²) in [5.41, 5.74) is 0.441. The average Bonchev–Trinajstić information content (AvgIpc) is 0.957. The maximum absolute atomic E-state index is 15.3. The normalized spacial score (nSPS) is 20.4. The van der Waals surface area contributed by atoms with Crippen molar-refractivity contribution >= 4 is 40.8 Å². The minimum atomic E-state index is -1.96. The van der Waals surface area contributed by atoms with Gasteiger partial charge in [0, 0.05) is 31.5 Å². The Kier molecular flexibility index (Phi) is 19.4. The Bertz CT molecular complexity index is 3860. The van der Waals surface area contributed by atoms with Gasteiger partial charge in [0.25, 0.3) is 0 Å². The van der Waals surface area contributed by atoms with E-state index in [2.05, 4.69) is 0 Å². The molecule has 0 aliphatic carbocycles. The fourth-order valence-corrected chi connectivity index (χ4v) is 9.90. The first kappa shape index (κ1) is 61.7. The smallest absolute Gasteiger partial charge is 0.338 e. The molecule has 9 atom stereocenters. The molecule has 7 aromatic carbocycles. The van der Waals surface area contributed by atoms with Crippen LogP contribution in [0.3, 0.4) is 0 Å². The van der Waals surface area contributed by atoms with Crippen molar-refractivity contribution in [1.29, 1.82) is 0 Å². The van der Waals surface area contributed by atoms with Crippen molar-refractivity contribution < 1.29 is 100 Å². The molecule has 0 spiro atoms. The van der Waals surface area contributed by atoms with Crippen molar-refractivity contribution in [3.63, 3.8) is 0 Å². The minimum absolute atomic E-state index is 0.0106. The maximum atomic E-state index is 15.3. The van der Waals surface area contributed by atoms with Gasteiger partial charge in [0.1, 0.15) is 47.2 Å². The van der Waals surface area contributed by atoms with Gasteiger partial charge in [-0.25, -0.2) is 14.4 Å². The van der Waals surface area contributed by atoms with Crippen LogP contribution in [-0.4, -0.2) is 116 Å². The van der Waals surface area contributed by atoms with E-state index in [1.165, 1.54) is 87.9 Å². The molecule has 0 saturated carbocycles. The molecule has 2 aliphatic rings. The van der Waals surface area contributed by atoms with Crippen molar-refractivity contribution in [2.45, 2.75) is 89.3 Å². The Morgan fingerprint density at radius 1 is 0.528 bits per heavy atom. The Hall–Kier alpha value is -10.4. The van der Waals surface area contributed by atoms with Gasteiger partial charge in [0.15, 0.2) is 60.2 Å². The molecule has 8 aromatic rings. The van der Waals surface area contributed by atoms with E-state index >= 15 is 4.79 Å². The number of carbonyl (C=O) groups excluding carboxylic acids is 5. The van der Waals surface area contributed by atoms with E-state index < -0.39 is 120 Å². The second-order valence-corrected chi connectivity index (χ2v) is 20.4. The zero-order chi connectivity index (χ0) is 62.7. The van der Waals surface area contributed by atoms with E-state index in [9.17, 15) is 34.2 Å². The third-order valence-corrected chi connectivity index (χ3v) is 14.3. The molecule has 89 heavy (non-hydrogen) atoms. The van der Waals surface area contributed by atoms with Crippen LogP contribution >= 0.6 is 0 Å². The number of ether oxygens (including phenoxy) is 13. The molecule has 2 fully saturated rings. The summed E-state index contributed by atoms with van der Waals surface area (Å²) in [6, 6.07) is 44.2. The lowest BCUT2D eigenvalue weighted by Crippen LogP contribution is -2.65. The number of benzene rings is 7. The van der Waals surface area contributed by atoms with Crippen molar-refractivity contribution in [2.75, 3.05) is 20.8 Å². The van der Waals surface area contributed by atoms with Crippen LogP contribution in [-0.2, 0) is 60.7 Å². The summed E-state index contributed by atoms with van der Waals surface area (Å²) in [7, 11) is 3.08. The molecule has 460 valence electrons. The van der Waals surface area contributed by atoms with Gasteiger partial charge in [-0.2, -0.15) is 0 Å². The van der Waals surface area contributed by atoms with Gasteiger partial charge in [-0.15, -0.1) is 0 Å². The first-order valence-electron chi connectivity index (χ1n) is 27.9. The van der Waals surface area contributed by atoms with Crippen molar-refractivity contribution in [3.8, 4) is 51.6 Å². The van der Waals surface area contributed by atoms with E-state index in [1.807, 2.05) is 0 Å². The Labute approximate surface area is 508 Å². The van der Waals surface area contributed by atoms with Crippen molar-refractivity contribution in [3.05, 3.63) is 208 Å². The molecule has 1 aromatic heterocycles. The summed E-state index contributed by atoms with van der Waals surface area (Å²) in [6.07, 6.45) is -15.5. The van der Waals surface area contributed by atoms with Crippen LogP contribution in [0, 0.1) is 0 Å². The molecule has 3 heterocycles. The fourth-order valence-electron chi connectivity index (χ4n) is 9.90. The summed E-state index contributed by atoms with van der Waals surface area (Å²) in [5, 5.41) is 22.9. The quantitative estimate of drug-likeness (QED) is 0.0500. The zero-order valence-corrected chi connectivity index (χ0v) is 48.5. The summed E-state index contributed by atoms with van der Waals surface area (Å²) in [5.74, 6) is -5.30. The lowest BCUT2D eigenvalue weighted by atomic mass is 9.97. The number of aromatic hydroxyl groups is 2. The van der Waals surface area contributed by atoms with Crippen LogP contribution in [0.2, 0.25) is 0 Å². The second kappa shape index (κ2) is 28.0. The van der Waals surface area contributed by atoms with Gasteiger partial charge < -0.3 is 76.2 Å². The van der Waals surface area contributed by atoms with E-state index in [4.69, 9.17) is 66.0 Å². The molecule has 22 nitrogen and oxygen atoms in total. The fraction of sp³-hybridized carbons (Fsp3) is 0.254. The minimum Gasteiger partial charge on any atom is -0.507 e. The predicted molar refractivity (Wildman–Crippen MR) is 314 cm³/mol. The topological polar surface area (TPSA) is 276 Å². The number of fused-ring (bicyclic) bond motifs is 1. The standard InChI is InChI=1S/C67H60O22/c1-37-56(85-63(73)42-15-9-6-10-16-42)60(86-64(74)43-17-11-7-12-18-43)62(87-65(75)44-19-13-8-14-20-44)67(81-37)89-61-58(83-39(3)69)53(82-38(2)68)36-80-66(61)88-59-55(72)54-50(71)32-48(78-34-40-21-26-46(76-4)27-22-40)33-52(54)84-57(59)45-25-30-51(49(70)31-45)79-35-41-23-28-47(77-5)29-24-41/h6-33,37,53,56,58,60-62,66-67,70-71H,34-36H2,1-5H3/t37-,53-,56-,58-,60+,61+,62+,66-,67-/m0/s1. The monoisotopic (exact) mass is 1220 g/mol. The molecular weight excluding hydrogens is 1160 g/mol. The van der Waals surface area contributed by atoms with E-state index in [0.717, 1.165) is 25.0 Å². The van der Waals surface area contributed by atoms with E-state index in [-0.39, 0.29) is 58.3 Å². The molecule has 0 unspecified atom stereocenters. The van der Waals surface area contributed by atoms with Gasteiger partial charge in [-0.05, 0) is 96.9 Å². The van der Waals surface area contributed by atoms with Gasteiger partial charge >= 0.3 is 29.8 Å². The first-order chi connectivity index (χ1) is 43.0. The summed E-state index contributed by atoms with van der Waals surface area (Å²) in [4.78, 5) is 83.9. The van der Waals surface area contributed by atoms with Crippen LogP contribution in [0.5, 0.6) is 40.2 Å². The Morgan fingerprint density at radius 3 is 1.58 bits per heavy atom. The highest BCUT2D eigenvalue weighted by Crippen LogP contribution is 2.42. The summed E-state index contributed by atoms with van der Waals surface area (Å²) in [6.45, 7) is 3.08. The number of phenols is 2. The molecule has 0 bridgehead atoms. The van der Waals surface area contributed by atoms with Crippen LogP contribution in [0.25, 0.3) is 22.3 Å². The Morgan fingerprint density at radius 2 is 1.06 bits per heavy atom. The molecule has 0 amide bonds. The van der Waals surface area contributed by atoms with Crippen molar-refractivity contribution in [1.82, 2.24) is 0 Å². The third kappa shape index (κ3) is 14.7. The molecule has 2 N–H and O–H groups in total. The molecule has 0 radical (unpaired) electrons. The number of hydrogen-bond donors (Lipinski definition) is 2. The van der Waals surface area contributed by atoms with Gasteiger partial charge in [-0.3, -0.25) is 14.4 Å². The van der Waals surface area contributed by atoms with Gasteiger partial charge in [0.2, 0.25) is 17.5 Å². The Balaban J connectivity index is 1.08. The lowest BCUT2D eigenvalue weighted by Gasteiger charge is -2.47. The van der Waals surface area contributed by atoms with E-state index in [1.54, 1.807) is 103 Å². The highest BCUT2D eigenvalue weighted by molar-refractivity contribution is 5.92. The SMILES string of the molecule is COc1ccc(COc2cc(O)c3c(=O)c(O[C@@H]4OC[C@H](OC(C)=O)[C@H](OC(C)=O)[C@H]4O[C@@H]4O[C@@H](C)[C@H](OC(=O)c5ccccc5)[C@@H](OC(=O)c5ccccc5)[C@H]4OC(=O)c4ccccc4)c(-c4ccc(OCc5ccc(OC)cc5)c(O)c4)oc3c2)cc1. The third-order valence-electron chi connectivity index (χ3n) is 14.3. The molecule has 10 rings (SSSR count). The molecule has 2 saturated heterocycles. The molecular formula is C67H60O22. The number of phenolic OH excluding ortho intramolecular Hbond substituents is 2. The van der Waals surface area contributed by atoms with Crippen LogP contribution in [0.1, 0.15) is 63.0 Å². The predicted octanol–water partition coefficient (Wildman–Crippen LogP) is 9.45. The zero-order valence-electron chi connectivity index (χ0n) is 48.5. The summed E-state index contributed by atoms with van der Waals surface area (Å²) < 4.78 is 85.4. The maximum Gasteiger partial charge on any atom is 0.338 e. The number of carbonyl (C=O) groups is 5. The number of hydrogen-bond acceptors (Lipinski definition) is 22. The van der Waals surface area contributed by atoms with E-state index in [0.29, 0.717) is 11.5 Å². The molecule has 22 heteroatoms. The highest BCUT2D eigenvalue weighted by atomic mass is 16.8. The second-order valence-electron chi connectivity index (χ2n) is 20.4. The largest absolute Gasteiger partial charge is 0.507 e. The first-order valence-corrected chi connectivity index (χ1v) is 27.9. The average molecular weight is 1220 g/mol. The highest BCUT2D eigenvalue weighted by Gasteiger charge is 2.56. The van der Waals surface area contributed by atoms with Crippen LogP contribution in [0.15, 0.2) is 179 Å². The van der Waals surface area contributed by atoms with Crippen LogP contribution in [0.4, 0.5) is 0 Å². The van der Waals surface area contributed by atoms with Crippen LogP contribution < -0.4 is 29.1 Å². The number of esters is 5. The van der Waals surface area contributed by atoms with Crippen molar-refractivity contribution in [2.24, 2.45) is 0 Å². The molecule has 2 aliphatic heterocycles. The summed E-state index contributed by atoms with van der Waals surface area (Å²) >= 11 is 0. The van der Waals surface area contributed by atoms with Gasteiger partial charge in [0.05, 0.1) is 43.6 Å². The lowest BCUT2D eigenvalue weighted by molar-refractivity contribution is -0.343.